The lowest BCUT2D eigenvalue weighted by Gasteiger charge is -2.23. The van der Waals surface area contributed by atoms with Crippen LogP contribution in [-0.2, 0) is 17.7 Å². The number of carbonyl (C=O) groups is 1. The van der Waals surface area contributed by atoms with Crippen LogP contribution in [0.1, 0.15) is 11.1 Å². The van der Waals surface area contributed by atoms with E-state index in [1.807, 2.05) is 12.1 Å². The largest absolute Gasteiger partial charge is 0.447 e. The maximum absolute atomic E-state index is 11.5. The second-order valence-corrected chi connectivity index (χ2v) is 4.11. The van der Waals surface area contributed by atoms with E-state index in [9.17, 15) is 4.79 Å². The third kappa shape index (κ3) is 2.10. The summed E-state index contributed by atoms with van der Waals surface area (Å²) < 4.78 is 4.98. The normalized spacial score (nSPS) is 18.4. The number of amides is 1. The first-order valence-corrected chi connectivity index (χ1v) is 5.62. The number of halogens is 1. The van der Waals surface area contributed by atoms with Crippen molar-refractivity contribution in [2.45, 2.75) is 13.0 Å². The van der Waals surface area contributed by atoms with E-state index in [1.165, 1.54) is 11.1 Å². The first kappa shape index (κ1) is 12.2. The minimum absolute atomic E-state index is 0. The molecule has 0 aromatic heterocycles. The number of ether oxygens (including phenoxy) is 1. The van der Waals surface area contributed by atoms with Gasteiger partial charge in [-0.3, -0.25) is 4.90 Å². The Morgan fingerprint density at radius 3 is 3.00 bits per heavy atom. The Bertz CT molecular complexity index is 437. The van der Waals surface area contributed by atoms with Gasteiger partial charge in [0.1, 0.15) is 6.61 Å². The second-order valence-electron chi connectivity index (χ2n) is 4.11. The first-order valence-electron chi connectivity index (χ1n) is 5.62. The van der Waals surface area contributed by atoms with E-state index < -0.39 is 0 Å². The lowest BCUT2D eigenvalue weighted by atomic mass is 9.98. The quantitative estimate of drug-likeness (QED) is 0.830. The molecule has 0 radical (unpaired) electrons. The SMILES string of the molecule is Cl.O=C1OCCN1c1cccc2c1CCNC2. The van der Waals surface area contributed by atoms with Crippen LogP contribution < -0.4 is 10.2 Å². The molecular weight excluding hydrogens is 240 g/mol. The van der Waals surface area contributed by atoms with Crippen molar-refractivity contribution in [1.29, 1.82) is 0 Å². The molecule has 1 aromatic rings. The summed E-state index contributed by atoms with van der Waals surface area (Å²) in [5.74, 6) is 0. The van der Waals surface area contributed by atoms with Crippen LogP contribution in [0.5, 0.6) is 0 Å². The van der Waals surface area contributed by atoms with Crippen molar-refractivity contribution in [2.75, 3.05) is 24.6 Å². The van der Waals surface area contributed by atoms with Gasteiger partial charge in [-0.05, 0) is 30.2 Å². The molecule has 0 saturated carbocycles. The molecule has 2 heterocycles. The van der Waals surface area contributed by atoms with Crippen molar-refractivity contribution >= 4 is 24.2 Å². The summed E-state index contributed by atoms with van der Waals surface area (Å²) in [6.45, 7) is 3.04. The Labute approximate surface area is 106 Å². The number of hydrogen-bond donors (Lipinski definition) is 1. The molecule has 2 aliphatic heterocycles. The van der Waals surface area contributed by atoms with Gasteiger partial charge in [0, 0.05) is 6.54 Å². The number of carbonyl (C=O) groups excluding carboxylic acids is 1. The maximum Gasteiger partial charge on any atom is 0.414 e. The topological polar surface area (TPSA) is 41.6 Å². The Kier molecular flexibility index (Phi) is 3.54. The molecule has 1 N–H and O–H groups in total. The van der Waals surface area contributed by atoms with Gasteiger partial charge in [0.2, 0.25) is 0 Å². The van der Waals surface area contributed by atoms with E-state index >= 15 is 0 Å². The van der Waals surface area contributed by atoms with Crippen molar-refractivity contribution in [2.24, 2.45) is 0 Å². The molecule has 2 aliphatic rings. The molecule has 1 amide bonds. The van der Waals surface area contributed by atoms with Gasteiger partial charge in [0.25, 0.3) is 0 Å². The smallest absolute Gasteiger partial charge is 0.414 e. The van der Waals surface area contributed by atoms with Crippen molar-refractivity contribution in [1.82, 2.24) is 5.32 Å². The Hall–Kier alpha value is -1.26. The van der Waals surface area contributed by atoms with Gasteiger partial charge >= 0.3 is 6.09 Å². The zero-order valence-electron chi connectivity index (χ0n) is 9.44. The zero-order valence-corrected chi connectivity index (χ0v) is 10.3. The molecule has 0 aliphatic carbocycles. The molecule has 1 aromatic carbocycles. The Balaban J connectivity index is 0.00000108. The third-order valence-corrected chi connectivity index (χ3v) is 3.17. The lowest BCUT2D eigenvalue weighted by molar-refractivity contribution is 0.181. The molecular formula is C12H15ClN2O2. The fraction of sp³-hybridized carbons (Fsp3) is 0.417. The summed E-state index contributed by atoms with van der Waals surface area (Å²) in [7, 11) is 0. The van der Waals surface area contributed by atoms with E-state index in [0.29, 0.717) is 13.2 Å². The summed E-state index contributed by atoms with van der Waals surface area (Å²) in [4.78, 5) is 13.3. The Morgan fingerprint density at radius 2 is 2.24 bits per heavy atom. The number of fused-ring (bicyclic) bond motifs is 1. The molecule has 4 nitrogen and oxygen atoms in total. The fourth-order valence-electron chi connectivity index (χ4n) is 2.38. The summed E-state index contributed by atoms with van der Waals surface area (Å²) in [5, 5.41) is 3.34. The minimum Gasteiger partial charge on any atom is -0.447 e. The van der Waals surface area contributed by atoms with E-state index in [0.717, 1.165) is 25.2 Å². The molecule has 0 atom stereocenters. The number of cyclic esters (lactones) is 1. The Morgan fingerprint density at radius 1 is 1.35 bits per heavy atom. The molecule has 17 heavy (non-hydrogen) atoms. The zero-order chi connectivity index (χ0) is 11.0. The van der Waals surface area contributed by atoms with Crippen LogP contribution in [0, 0.1) is 0 Å². The van der Waals surface area contributed by atoms with Crippen LogP contribution >= 0.6 is 12.4 Å². The first-order chi connectivity index (χ1) is 7.86. The number of rotatable bonds is 1. The third-order valence-electron chi connectivity index (χ3n) is 3.17. The van der Waals surface area contributed by atoms with Gasteiger partial charge in [-0.1, -0.05) is 12.1 Å². The van der Waals surface area contributed by atoms with Crippen LogP contribution in [-0.4, -0.2) is 25.8 Å². The molecule has 0 spiro atoms. The minimum atomic E-state index is -0.216. The fourth-order valence-corrected chi connectivity index (χ4v) is 2.38. The lowest BCUT2D eigenvalue weighted by Crippen LogP contribution is -2.29. The highest BCUT2D eigenvalue weighted by Crippen LogP contribution is 2.28. The second kappa shape index (κ2) is 4.94. The predicted molar refractivity (Wildman–Crippen MR) is 67.8 cm³/mol. The molecule has 3 rings (SSSR count). The van der Waals surface area contributed by atoms with Crippen molar-refractivity contribution < 1.29 is 9.53 Å². The van der Waals surface area contributed by atoms with Gasteiger partial charge in [-0.25, -0.2) is 4.79 Å². The monoisotopic (exact) mass is 254 g/mol. The highest BCUT2D eigenvalue weighted by molar-refractivity contribution is 5.90. The standard InChI is InChI=1S/C12H14N2O2.ClH/c15-12-14(6-7-16-12)11-3-1-2-9-8-13-5-4-10(9)11;/h1-3,13H,4-8H2;1H. The summed E-state index contributed by atoms with van der Waals surface area (Å²) in [6, 6.07) is 6.13. The predicted octanol–water partition coefficient (Wildman–Crippen LogP) is 1.71. The molecule has 5 heteroatoms. The molecule has 92 valence electrons. The molecule has 1 fully saturated rings. The van der Waals surface area contributed by atoms with Gasteiger partial charge < -0.3 is 10.1 Å². The number of anilines is 1. The van der Waals surface area contributed by atoms with Crippen LogP contribution in [0.2, 0.25) is 0 Å². The van der Waals surface area contributed by atoms with Crippen molar-refractivity contribution in [3.8, 4) is 0 Å². The van der Waals surface area contributed by atoms with Crippen LogP contribution in [0.4, 0.5) is 10.5 Å². The number of nitrogens with one attached hydrogen (secondary N) is 1. The van der Waals surface area contributed by atoms with Crippen molar-refractivity contribution in [3.63, 3.8) is 0 Å². The van der Waals surface area contributed by atoms with E-state index in [1.54, 1.807) is 4.90 Å². The number of benzene rings is 1. The van der Waals surface area contributed by atoms with Gasteiger partial charge in [-0.2, -0.15) is 0 Å². The van der Waals surface area contributed by atoms with Crippen LogP contribution in [0.15, 0.2) is 18.2 Å². The van der Waals surface area contributed by atoms with Gasteiger partial charge in [0.05, 0.1) is 12.2 Å². The van der Waals surface area contributed by atoms with Gasteiger partial charge in [-0.15, -0.1) is 12.4 Å². The summed E-state index contributed by atoms with van der Waals surface area (Å²) >= 11 is 0. The molecule has 1 saturated heterocycles. The average Bonchev–Trinajstić information content (AvgIpc) is 2.75. The summed E-state index contributed by atoms with van der Waals surface area (Å²) in [5.41, 5.74) is 3.62. The van der Waals surface area contributed by atoms with Crippen LogP contribution in [0.25, 0.3) is 0 Å². The average molecular weight is 255 g/mol. The molecule has 0 bridgehead atoms. The summed E-state index contributed by atoms with van der Waals surface area (Å²) in [6.07, 6.45) is 0.766. The number of nitrogens with zero attached hydrogens (tertiary/aromatic N) is 1. The van der Waals surface area contributed by atoms with Gasteiger partial charge in [0.15, 0.2) is 0 Å². The van der Waals surface area contributed by atoms with E-state index in [-0.39, 0.29) is 18.5 Å². The number of hydrogen-bond acceptors (Lipinski definition) is 3. The van der Waals surface area contributed by atoms with Crippen LogP contribution in [0.3, 0.4) is 0 Å². The maximum atomic E-state index is 11.5. The highest BCUT2D eigenvalue weighted by Gasteiger charge is 2.26. The van der Waals surface area contributed by atoms with E-state index in [2.05, 4.69) is 11.4 Å². The van der Waals surface area contributed by atoms with Crippen molar-refractivity contribution in [3.05, 3.63) is 29.3 Å². The van der Waals surface area contributed by atoms with E-state index in [4.69, 9.17) is 4.74 Å². The highest BCUT2D eigenvalue weighted by atomic mass is 35.5. The molecule has 0 unspecified atom stereocenters.